The summed E-state index contributed by atoms with van der Waals surface area (Å²) >= 11 is 0. The van der Waals surface area contributed by atoms with Gasteiger partial charge < -0.3 is 14.1 Å². The van der Waals surface area contributed by atoms with Crippen molar-refractivity contribution >= 4 is 11.6 Å². The van der Waals surface area contributed by atoms with Crippen molar-refractivity contribution in [3.63, 3.8) is 0 Å². The molecule has 0 bridgehead atoms. The van der Waals surface area contributed by atoms with Crippen molar-refractivity contribution in [2.75, 3.05) is 12.0 Å². The molecule has 5 nitrogen and oxygen atoms in total. The molecule has 1 amide bonds. The molecule has 1 fully saturated rings. The zero-order valence-electron chi connectivity index (χ0n) is 17.2. The van der Waals surface area contributed by atoms with Crippen molar-refractivity contribution in [3.05, 3.63) is 66.4 Å². The maximum atomic E-state index is 14.0. The Balaban J connectivity index is 1.47. The summed E-state index contributed by atoms with van der Waals surface area (Å²) in [6.45, 7) is 2.10. The van der Waals surface area contributed by atoms with Gasteiger partial charge in [-0.1, -0.05) is 12.1 Å². The molecule has 0 aliphatic heterocycles. The van der Waals surface area contributed by atoms with Crippen LogP contribution in [0.15, 0.2) is 59.1 Å². The van der Waals surface area contributed by atoms with Gasteiger partial charge in [0.2, 0.25) is 5.91 Å². The quantitative estimate of drug-likeness (QED) is 0.511. The molecule has 1 heterocycles. The highest BCUT2D eigenvalue weighted by molar-refractivity contribution is 5.94. The number of aromatic nitrogens is 1. The molecule has 1 atom stereocenters. The Morgan fingerprint density at radius 3 is 2.63 bits per heavy atom. The number of carbonyl (C=O) groups is 1. The zero-order chi connectivity index (χ0) is 21.1. The minimum absolute atomic E-state index is 0.0187. The maximum absolute atomic E-state index is 14.0. The van der Waals surface area contributed by atoms with E-state index in [4.69, 9.17) is 9.15 Å². The number of halogens is 1. The van der Waals surface area contributed by atoms with Gasteiger partial charge in [-0.3, -0.25) is 4.79 Å². The van der Waals surface area contributed by atoms with Crippen LogP contribution in [0.2, 0.25) is 0 Å². The average molecular weight is 408 g/mol. The topological polar surface area (TPSA) is 55.6 Å². The summed E-state index contributed by atoms with van der Waals surface area (Å²) in [4.78, 5) is 19.2. The minimum atomic E-state index is -0.361. The van der Waals surface area contributed by atoms with Crippen LogP contribution in [0.25, 0.3) is 11.3 Å². The van der Waals surface area contributed by atoms with Gasteiger partial charge in [0.05, 0.1) is 18.9 Å². The Morgan fingerprint density at radius 2 is 1.97 bits per heavy atom. The molecule has 0 saturated heterocycles. The Kier molecular flexibility index (Phi) is 5.84. The van der Waals surface area contributed by atoms with E-state index < -0.39 is 0 Å². The van der Waals surface area contributed by atoms with E-state index >= 15 is 0 Å². The lowest BCUT2D eigenvalue weighted by Crippen LogP contribution is -2.40. The number of hydrogen-bond donors (Lipinski definition) is 0. The molecule has 1 aromatic heterocycles. The van der Waals surface area contributed by atoms with Gasteiger partial charge in [0.25, 0.3) is 0 Å². The fourth-order valence-corrected chi connectivity index (χ4v) is 3.68. The van der Waals surface area contributed by atoms with Gasteiger partial charge in [-0.15, -0.1) is 0 Å². The second kappa shape index (κ2) is 8.69. The van der Waals surface area contributed by atoms with Gasteiger partial charge in [-0.25, -0.2) is 9.37 Å². The minimum Gasteiger partial charge on any atom is -0.497 e. The lowest BCUT2D eigenvalue weighted by molar-refractivity contribution is -0.119. The summed E-state index contributed by atoms with van der Waals surface area (Å²) in [5.74, 6) is 1.74. The van der Waals surface area contributed by atoms with E-state index in [1.807, 2.05) is 29.2 Å². The molecule has 0 N–H and O–H groups in total. The van der Waals surface area contributed by atoms with Gasteiger partial charge in [0.15, 0.2) is 11.7 Å². The van der Waals surface area contributed by atoms with E-state index in [9.17, 15) is 9.18 Å². The normalized spacial score (nSPS) is 14.4. The highest BCUT2D eigenvalue weighted by Gasteiger charge is 2.35. The van der Waals surface area contributed by atoms with Crippen LogP contribution in [0, 0.1) is 11.7 Å². The first kappa shape index (κ1) is 20.1. The molecule has 156 valence electrons. The smallest absolute Gasteiger partial charge is 0.227 e. The van der Waals surface area contributed by atoms with Gasteiger partial charge in [-0.05, 0) is 62.1 Å². The summed E-state index contributed by atoms with van der Waals surface area (Å²) < 4.78 is 24.9. The van der Waals surface area contributed by atoms with Crippen molar-refractivity contribution in [1.29, 1.82) is 0 Å². The average Bonchev–Trinajstić information content (AvgIpc) is 3.51. The molecule has 1 saturated carbocycles. The fraction of sp³-hybridized carbons (Fsp3) is 0.333. The number of methoxy groups -OCH3 is 1. The van der Waals surface area contributed by atoms with E-state index in [0.717, 1.165) is 24.3 Å². The highest BCUT2D eigenvalue weighted by atomic mass is 19.1. The number of anilines is 1. The molecule has 2 aromatic carbocycles. The first-order valence-corrected chi connectivity index (χ1v) is 10.2. The third-order valence-electron chi connectivity index (χ3n) is 5.58. The van der Waals surface area contributed by atoms with E-state index in [1.165, 1.54) is 12.3 Å². The van der Waals surface area contributed by atoms with Crippen molar-refractivity contribution in [1.82, 2.24) is 4.98 Å². The van der Waals surface area contributed by atoms with E-state index in [2.05, 4.69) is 11.9 Å². The zero-order valence-corrected chi connectivity index (χ0v) is 17.2. The SMILES string of the molecule is COc1ccc(N(C(=O)CCc2ncc(-c3ccccc3F)o2)C(C)C2CC2)cc1. The first-order chi connectivity index (χ1) is 14.6. The van der Waals surface area contributed by atoms with Crippen LogP contribution in [0.1, 0.15) is 32.1 Å². The van der Waals surface area contributed by atoms with Gasteiger partial charge >= 0.3 is 0 Å². The van der Waals surface area contributed by atoms with Crippen LogP contribution in [0.3, 0.4) is 0 Å². The number of oxazole rings is 1. The largest absolute Gasteiger partial charge is 0.497 e. The van der Waals surface area contributed by atoms with Gasteiger partial charge in [0.1, 0.15) is 11.6 Å². The summed E-state index contributed by atoms with van der Waals surface area (Å²) in [6.07, 6.45) is 4.42. The lowest BCUT2D eigenvalue weighted by Gasteiger charge is -2.29. The van der Waals surface area contributed by atoms with Crippen LogP contribution < -0.4 is 9.64 Å². The van der Waals surface area contributed by atoms with Crippen molar-refractivity contribution < 1.29 is 18.3 Å². The number of aryl methyl sites for hydroxylation is 1. The molecule has 3 aromatic rings. The summed E-state index contributed by atoms with van der Waals surface area (Å²) in [7, 11) is 1.62. The Bertz CT molecular complexity index is 1010. The Labute approximate surface area is 175 Å². The van der Waals surface area contributed by atoms with Gasteiger partial charge in [0, 0.05) is 24.6 Å². The van der Waals surface area contributed by atoms with E-state index in [1.54, 1.807) is 25.3 Å². The van der Waals surface area contributed by atoms with E-state index in [0.29, 0.717) is 29.6 Å². The Morgan fingerprint density at radius 1 is 1.23 bits per heavy atom. The van der Waals surface area contributed by atoms with Crippen molar-refractivity contribution in [2.24, 2.45) is 5.92 Å². The molecular formula is C24H25FN2O3. The summed E-state index contributed by atoms with van der Waals surface area (Å²) in [5.41, 5.74) is 1.23. The molecule has 0 radical (unpaired) electrons. The number of hydrogen-bond acceptors (Lipinski definition) is 4. The molecule has 4 rings (SSSR count). The van der Waals surface area contributed by atoms with Crippen molar-refractivity contribution in [2.45, 2.75) is 38.6 Å². The molecule has 1 aliphatic rings. The van der Waals surface area contributed by atoms with Crippen LogP contribution in [-0.4, -0.2) is 24.0 Å². The molecule has 1 aliphatic carbocycles. The molecule has 6 heteroatoms. The predicted molar refractivity (Wildman–Crippen MR) is 113 cm³/mol. The number of rotatable bonds is 8. The standard InChI is InChI=1S/C24H25FN2O3/c1-16(17-7-8-17)27(18-9-11-19(29-2)12-10-18)24(28)14-13-23-26-15-22(30-23)20-5-3-4-6-21(20)25/h3-6,9-12,15-17H,7-8,13-14H2,1-2H3. The van der Waals surface area contributed by atoms with E-state index in [-0.39, 0.29) is 24.2 Å². The number of carbonyl (C=O) groups excluding carboxylic acids is 1. The highest BCUT2D eigenvalue weighted by Crippen LogP contribution is 2.37. The predicted octanol–water partition coefficient (Wildman–Crippen LogP) is 5.25. The monoisotopic (exact) mass is 408 g/mol. The Hall–Kier alpha value is -3.15. The first-order valence-electron chi connectivity index (χ1n) is 10.2. The maximum Gasteiger partial charge on any atom is 0.227 e. The van der Waals surface area contributed by atoms with Gasteiger partial charge in [-0.2, -0.15) is 0 Å². The summed E-state index contributed by atoms with van der Waals surface area (Å²) in [6, 6.07) is 14.1. The van der Waals surface area contributed by atoms with Crippen LogP contribution in [0.4, 0.5) is 10.1 Å². The number of amides is 1. The second-order valence-corrected chi connectivity index (χ2v) is 7.64. The molecule has 0 spiro atoms. The van der Waals surface area contributed by atoms with Crippen LogP contribution in [-0.2, 0) is 11.2 Å². The third kappa shape index (κ3) is 4.37. The molecule has 30 heavy (non-hydrogen) atoms. The number of nitrogens with zero attached hydrogens (tertiary/aromatic N) is 2. The summed E-state index contributed by atoms with van der Waals surface area (Å²) in [5, 5.41) is 0. The number of benzene rings is 2. The second-order valence-electron chi connectivity index (χ2n) is 7.64. The third-order valence-corrected chi connectivity index (χ3v) is 5.58. The van der Waals surface area contributed by atoms with Crippen LogP contribution in [0.5, 0.6) is 5.75 Å². The lowest BCUT2D eigenvalue weighted by atomic mass is 10.1. The molecular weight excluding hydrogens is 383 g/mol. The molecule has 1 unspecified atom stereocenters. The van der Waals surface area contributed by atoms with Crippen molar-refractivity contribution in [3.8, 4) is 17.1 Å². The fourth-order valence-electron chi connectivity index (χ4n) is 3.68. The number of ether oxygens (including phenoxy) is 1. The van der Waals surface area contributed by atoms with Crippen LogP contribution >= 0.6 is 0 Å².